The largest absolute Gasteiger partial charge is 0.336 e. The van der Waals surface area contributed by atoms with E-state index in [1.54, 1.807) is 0 Å². The molecule has 1 amide bonds. The third-order valence-electron chi connectivity index (χ3n) is 4.18. The molecular weight excluding hydrogens is 264 g/mol. The third-order valence-corrected chi connectivity index (χ3v) is 4.18. The van der Waals surface area contributed by atoms with Gasteiger partial charge in [-0.15, -0.1) is 0 Å². The fourth-order valence-corrected chi connectivity index (χ4v) is 2.97. The van der Waals surface area contributed by atoms with E-state index in [0.717, 1.165) is 56.0 Å². The Morgan fingerprint density at radius 3 is 2.33 bits per heavy atom. The molecule has 1 aromatic rings. The summed E-state index contributed by atoms with van der Waals surface area (Å²) in [5.74, 6) is 0.673. The van der Waals surface area contributed by atoms with Gasteiger partial charge >= 0.3 is 0 Å². The van der Waals surface area contributed by atoms with Crippen LogP contribution in [-0.2, 0) is 19.9 Å². The third kappa shape index (κ3) is 3.46. The highest BCUT2D eigenvalue weighted by Gasteiger charge is 2.27. The molecule has 0 atom stereocenters. The first-order valence-electron chi connectivity index (χ1n) is 7.96. The van der Waals surface area contributed by atoms with Crippen molar-refractivity contribution in [2.45, 2.75) is 33.6 Å². The van der Waals surface area contributed by atoms with Crippen LogP contribution in [0.1, 0.15) is 42.5 Å². The summed E-state index contributed by atoms with van der Waals surface area (Å²) in [6, 6.07) is 0. The molecule has 2 heterocycles. The van der Waals surface area contributed by atoms with Crippen molar-refractivity contribution in [2.75, 3.05) is 33.2 Å². The monoisotopic (exact) mass is 292 g/mol. The van der Waals surface area contributed by atoms with E-state index in [9.17, 15) is 4.79 Å². The van der Waals surface area contributed by atoms with Gasteiger partial charge in [0.25, 0.3) is 5.91 Å². The number of aromatic nitrogens is 2. The van der Waals surface area contributed by atoms with Crippen LogP contribution < -0.4 is 0 Å². The summed E-state index contributed by atoms with van der Waals surface area (Å²) in [6.45, 7) is 9.97. The molecule has 0 bridgehead atoms. The lowest BCUT2D eigenvalue weighted by Crippen LogP contribution is -2.47. The van der Waals surface area contributed by atoms with Gasteiger partial charge in [-0.2, -0.15) is 5.10 Å². The van der Waals surface area contributed by atoms with Crippen molar-refractivity contribution in [3.63, 3.8) is 0 Å². The van der Waals surface area contributed by atoms with E-state index in [1.165, 1.54) is 0 Å². The molecule has 1 fully saturated rings. The van der Waals surface area contributed by atoms with Gasteiger partial charge in [0.2, 0.25) is 0 Å². The van der Waals surface area contributed by atoms with Crippen LogP contribution in [0.3, 0.4) is 0 Å². The zero-order chi connectivity index (χ0) is 15.6. The number of nitrogens with zero attached hydrogens (tertiary/aromatic N) is 4. The van der Waals surface area contributed by atoms with Gasteiger partial charge in [0, 0.05) is 33.2 Å². The molecule has 2 rings (SSSR count). The van der Waals surface area contributed by atoms with E-state index in [1.807, 2.05) is 16.6 Å². The van der Waals surface area contributed by atoms with E-state index < -0.39 is 0 Å². The minimum atomic E-state index is 0.170. The standard InChI is InChI=1S/C16H28N4O/c1-6-14-15(13(11-12(2)3)17-19(14)5)16(21)20-9-7-18(4)8-10-20/h12H,6-11H2,1-5H3. The van der Waals surface area contributed by atoms with Crippen molar-refractivity contribution in [3.8, 4) is 0 Å². The number of rotatable bonds is 4. The van der Waals surface area contributed by atoms with E-state index in [0.29, 0.717) is 5.92 Å². The number of aryl methyl sites for hydroxylation is 1. The summed E-state index contributed by atoms with van der Waals surface area (Å²) in [5.41, 5.74) is 2.89. The molecule has 1 aliphatic heterocycles. The molecule has 1 aromatic heterocycles. The molecule has 0 radical (unpaired) electrons. The Morgan fingerprint density at radius 1 is 1.19 bits per heavy atom. The van der Waals surface area contributed by atoms with Gasteiger partial charge in [0.05, 0.1) is 17.0 Å². The number of carbonyl (C=O) groups is 1. The normalized spacial score (nSPS) is 16.8. The topological polar surface area (TPSA) is 41.4 Å². The Hall–Kier alpha value is -1.36. The molecule has 0 saturated carbocycles. The van der Waals surface area contributed by atoms with Crippen molar-refractivity contribution in [2.24, 2.45) is 13.0 Å². The van der Waals surface area contributed by atoms with Crippen LogP contribution in [-0.4, -0.2) is 58.7 Å². The number of piperazine rings is 1. The first-order chi connectivity index (χ1) is 9.93. The second kappa shape index (κ2) is 6.60. The van der Waals surface area contributed by atoms with Crippen molar-refractivity contribution in [3.05, 3.63) is 17.0 Å². The predicted octanol–water partition coefficient (Wildman–Crippen LogP) is 1.57. The van der Waals surface area contributed by atoms with E-state index >= 15 is 0 Å². The molecule has 0 aliphatic carbocycles. The van der Waals surface area contributed by atoms with Gasteiger partial charge in [-0.25, -0.2) is 0 Å². The molecule has 1 saturated heterocycles. The molecule has 0 unspecified atom stereocenters. The summed E-state index contributed by atoms with van der Waals surface area (Å²) < 4.78 is 1.89. The number of hydrogen-bond acceptors (Lipinski definition) is 3. The van der Waals surface area contributed by atoms with Crippen LogP contribution in [0.25, 0.3) is 0 Å². The smallest absolute Gasteiger partial charge is 0.257 e. The molecule has 1 aliphatic rings. The number of likely N-dealkylation sites (N-methyl/N-ethyl adjacent to an activating group) is 1. The zero-order valence-electron chi connectivity index (χ0n) is 14.0. The second-order valence-electron chi connectivity index (χ2n) is 6.44. The van der Waals surface area contributed by atoms with Crippen LogP contribution >= 0.6 is 0 Å². The highest BCUT2D eigenvalue weighted by atomic mass is 16.2. The van der Waals surface area contributed by atoms with Gasteiger partial charge in [-0.05, 0) is 25.8 Å². The second-order valence-corrected chi connectivity index (χ2v) is 6.44. The summed E-state index contributed by atoms with van der Waals surface area (Å²) >= 11 is 0. The fourth-order valence-electron chi connectivity index (χ4n) is 2.97. The fraction of sp³-hybridized carbons (Fsp3) is 0.750. The van der Waals surface area contributed by atoms with Gasteiger partial charge in [0.15, 0.2) is 0 Å². The zero-order valence-corrected chi connectivity index (χ0v) is 14.0. The van der Waals surface area contributed by atoms with Crippen molar-refractivity contribution in [1.29, 1.82) is 0 Å². The number of carbonyl (C=O) groups excluding carboxylic acids is 1. The van der Waals surface area contributed by atoms with Crippen molar-refractivity contribution >= 4 is 5.91 Å². The summed E-state index contributed by atoms with van der Waals surface area (Å²) in [5, 5.41) is 4.61. The molecule has 5 nitrogen and oxygen atoms in total. The molecule has 0 spiro atoms. The highest BCUT2D eigenvalue weighted by molar-refractivity contribution is 5.96. The maximum atomic E-state index is 13.0. The van der Waals surface area contributed by atoms with Crippen LogP contribution in [0.2, 0.25) is 0 Å². The Kier molecular flexibility index (Phi) is 5.04. The number of hydrogen-bond donors (Lipinski definition) is 0. The lowest BCUT2D eigenvalue weighted by Gasteiger charge is -2.32. The predicted molar refractivity (Wildman–Crippen MR) is 84.5 cm³/mol. The van der Waals surface area contributed by atoms with E-state index in [2.05, 4.69) is 37.8 Å². The SMILES string of the molecule is CCc1c(C(=O)N2CCN(C)CC2)c(CC(C)C)nn1C. The lowest BCUT2D eigenvalue weighted by molar-refractivity contribution is 0.0661. The average molecular weight is 292 g/mol. The highest BCUT2D eigenvalue weighted by Crippen LogP contribution is 2.20. The quantitative estimate of drug-likeness (QED) is 0.846. The molecule has 21 heavy (non-hydrogen) atoms. The Bertz CT molecular complexity index is 499. The van der Waals surface area contributed by atoms with Crippen molar-refractivity contribution < 1.29 is 4.79 Å². The molecule has 0 N–H and O–H groups in total. The van der Waals surface area contributed by atoms with Gasteiger partial charge in [-0.3, -0.25) is 9.48 Å². The van der Waals surface area contributed by atoms with Crippen LogP contribution in [0.4, 0.5) is 0 Å². The average Bonchev–Trinajstić information content (AvgIpc) is 2.73. The molecule has 118 valence electrons. The van der Waals surface area contributed by atoms with Crippen molar-refractivity contribution in [1.82, 2.24) is 19.6 Å². The lowest BCUT2D eigenvalue weighted by atomic mass is 10.0. The summed E-state index contributed by atoms with van der Waals surface area (Å²) in [6.07, 6.45) is 1.71. The first-order valence-corrected chi connectivity index (χ1v) is 7.96. The Balaban J connectivity index is 2.29. The first kappa shape index (κ1) is 16.0. The van der Waals surface area contributed by atoms with Crippen LogP contribution in [0.5, 0.6) is 0 Å². The van der Waals surface area contributed by atoms with Crippen LogP contribution in [0.15, 0.2) is 0 Å². The number of amides is 1. The van der Waals surface area contributed by atoms with Gasteiger partial charge in [-0.1, -0.05) is 20.8 Å². The molecular formula is C16H28N4O. The molecule has 5 heteroatoms. The maximum Gasteiger partial charge on any atom is 0.257 e. The minimum absolute atomic E-state index is 0.170. The summed E-state index contributed by atoms with van der Waals surface area (Å²) in [7, 11) is 4.05. The Morgan fingerprint density at radius 2 is 1.81 bits per heavy atom. The maximum absolute atomic E-state index is 13.0. The van der Waals surface area contributed by atoms with E-state index in [4.69, 9.17) is 0 Å². The minimum Gasteiger partial charge on any atom is -0.336 e. The summed E-state index contributed by atoms with van der Waals surface area (Å²) in [4.78, 5) is 17.2. The van der Waals surface area contributed by atoms with E-state index in [-0.39, 0.29) is 5.91 Å². The van der Waals surface area contributed by atoms with Crippen LogP contribution in [0, 0.1) is 5.92 Å². The van der Waals surface area contributed by atoms with Gasteiger partial charge in [0.1, 0.15) is 0 Å². The Labute approximate surface area is 127 Å². The van der Waals surface area contributed by atoms with Gasteiger partial charge < -0.3 is 9.80 Å². The molecule has 0 aromatic carbocycles.